The molecule has 1 rings (SSSR count). The molecule has 0 saturated carbocycles. The quantitative estimate of drug-likeness (QED) is 0.725. The average Bonchev–Trinajstić information content (AvgIpc) is 2.11. The minimum absolute atomic E-state index is 0.233. The molecule has 1 aromatic rings. The van der Waals surface area contributed by atoms with Crippen LogP contribution in [0.1, 0.15) is 0 Å². The second-order valence-electron chi connectivity index (χ2n) is 1.54. The lowest BCUT2D eigenvalue weighted by Gasteiger charge is -2.03. The second-order valence-corrected chi connectivity index (χ2v) is 4.00. The largest absolute Gasteiger partial charge is 0.416 e. The number of rotatable bonds is 1. The fourth-order valence-corrected chi connectivity index (χ4v) is 1.00. The molecule has 0 aliphatic heterocycles. The van der Waals surface area contributed by atoms with Crippen molar-refractivity contribution in [2.75, 3.05) is 0 Å². The molecule has 1 aromatic heterocycles. The molecule has 3 nitrogen and oxygen atoms in total. The maximum atomic E-state index is 12.4. The highest BCUT2D eigenvalue weighted by atomic mass is 79.9. The van der Waals surface area contributed by atoms with E-state index in [2.05, 4.69) is 58.0 Å². The number of alkyl halides is 3. The van der Waals surface area contributed by atoms with Gasteiger partial charge in [0.15, 0.2) is 9.21 Å². The van der Waals surface area contributed by atoms with Crippen LogP contribution in [-0.4, -0.2) is 15.0 Å². The summed E-state index contributed by atoms with van der Waals surface area (Å²) in [6, 6.07) is 0. The SMILES string of the molecule is FC(F)(Br)n1nc(Br)c(Br)n1. The highest BCUT2D eigenvalue weighted by Gasteiger charge is 2.30. The molecule has 0 aliphatic rings. The molecule has 62 valence electrons. The minimum Gasteiger partial charge on any atom is -0.167 e. The molecule has 0 aliphatic carbocycles. The summed E-state index contributed by atoms with van der Waals surface area (Å²) >= 11 is 7.92. The lowest BCUT2D eigenvalue weighted by Crippen LogP contribution is -2.17. The monoisotopic (exact) mass is 353 g/mol. The van der Waals surface area contributed by atoms with Gasteiger partial charge in [-0.15, -0.1) is 15.0 Å². The summed E-state index contributed by atoms with van der Waals surface area (Å²) in [6.45, 7) is 0. The Bertz CT molecular complexity index is 248. The van der Waals surface area contributed by atoms with Crippen molar-refractivity contribution >= 4 is 47.8 Å². The van der Waals surface area contributed by atoms with Crippen molar-refractivity contribution in [3.05, 3.63) is 9.21 Å². The number of halogens is 5. The Morgan fingerprint density at radius 2 is 1.55 bits per heavy atom. The van der Waals surface area contributed by atoms with Gasteiger partial charge in [0, 0.05) is 15.9 Å². The zero-order valence-electron chi connectivity index (χ0n) is 4.73. The van der Waals surface area contributed by atoms with E-state index in [0.717, 1.165) is 0 Å². The Hall–Kier alpha value is 0.440. The molecule has 11 heavy (non-hydrogen) atoms. The maximum Gasteiger partial charge on any atom is 0.416 e. The van der Waals surface area contributed by atoms with Gasteiger partial charge in [-0.1, -0.05) is 0 Å². The highest BCUT2D eigenvalue weighted by Crippen LogP contribution is 2.28. The first-order valence-electron chi connectivity index (χ1n) is 2.27. The summed E-state index contributed by atoms with van der Waals surface area (Å²) in [5, 5.41) is 6.72. The molecule has 0 atom stereocenters. The maximum absolute atomic E-state index is 12.4. The van der Waals surface area contributed by atoms with Gasteiger partial charge in [-0.2, -0.15) is 8.78 Å². The fourth-order valence-electron chi connectivity index (χ4n) is 0.385. The van der Waals surface area contributed by atoms with Gasteiger partial charge in [-0.3, -0.25) is 0 Å². The smallest absolute Gasteiger partial charge is 0.167 e. The van der Waals surface area contributed by atoms with Crippen LogP contribution in [0.25, 0.3) is 0 Å². The lowest BCUT2D eigenvalue weighted by molar-refractivity contribution is 0.00491. The first kappa shape index (κ1) is 9.53. The second kappa shape index (κ2) is 3.06. The average molecular weight is 356 g/mol. The predicted molar refractivity (Wildman–Crippen MR) is 44.5 cm³/mol. The van der Waals surface area contributed by atoms with Crippen LogP contribution in [0.5, 0.6) is 0 Å². The van der Waals surface area contributed by atoms with Crippen LogP contribution in [0.4, 0.5) is 8.78 Å². The van der Waals surface area contributed by atoms with Crippen LogP contribution in [0, 0.1) is 0 Å². The van der Waals surface area contributed by atoms with Gasteiger partial charge in [-0.05, 0) is 31.9 Å². The Kier molecular flexibility index (Phi) is 2.65. The molecule has 0 fully saturated rings. The summed E-state index contributed by atoms with van der Waals surface area (Å²) in [7, 11) is 0. The van der Waals surface area contributed by atoms with Crippen molar-refractivity contribution in [3.8, 4) is 0 Å². The van der Waals surface area contributed by atoms with Gasteiger partial charge in [-0.25, -0.2) is 0 Å². The Morgan fingerprint density at radius 1 is 1.18 bits per heavy atom. The number of hydrogen-bond acceptors (Lipinski definition) is 2. The number of hydrogen-bond donors (Lipinski definition) is 0. The van der Waals surface area contributed by atoms with Crippen LogP contribution in [0.15, 0.2) is 9.21 Å². The first-order valence-corrected chi connectivity index (χ1v) is 4.64. The van der Waals surface area contributed by atoms with E-state index in [9.17, 15) is 8.78 Å². The summed E-state index contributed by atoms with van der Waals surface area (Å²) in [4.78, 5) is -3.00. The van der Waals surface area contributed by atoms with Crippen LogP contribution in [0.2, 0.25) is 0 Å². The fraction of sp³-hybridized carbons (Fsp3) is 0.333. The zero-order valence-corrected chi connectivity index (χ0v) is 9.49. The van der Waals surface area contributed by atoms with E-state index in [1.54, 1.807) is 0 Å². The van der Waals surface area contributed by atoms with Crippen molar-refractivity contribution in [1.82, 2.24) is 15.0 Å². The molecule has 0 bridgehead atoms. The third kappa shape index (κ3) is 2.19. The van der Waals surface area contributed by atoms with Gasteiger partial charge in [0.2, 0.25) is 0 Å². The third-order valence-electron chi connectivity index (χ3n) is 0.762. The van der Waals surface area contributed by atoms with Gasteiger partial charge >= 0.3 is 4.96 Å². The van der Waals surface area contributed by atoms with Crippen molar-refractivity contribution in [2.45, 2.75) is 4.96 Å². The zero-order chi connectivity index (χ0) is 8.65. The molecular weight excluding hydrogens is 356 g/mol. The molecule has 0 aromatic carbocycles. The Balaban J connectivity index is 3.08. The number of aromatic nitrogens is 3. The summed E-state index contributed by atoms with van der Waals surface area (Å²) in [5.74, 6) is 0. The van der Waals surface area contributed by atoms with E-state index in [1.807, 2.05) is 0 Å². The van der Waals surface area contributed by atoms with Crippen LogP contribution in [-0.2, 0) is 4.96 Å². The van der Waals surface area contributed by atoms with Crippen molar-refractivity contribution in [1.29, 1.82) is 0 Å². The molecule has 0 amide bonds. The standard InChI is InChI=1S/C3Br3F2N3/c4-1-2(5)10-11(9-1)3(6,7)8. The molecular formula is C3Br3F2N3. The molecule has 0 spiro atoms. The highest BCUT2D eigenvalue weighted by molar-refractivity contribution is 9.13. The topological polar surface area (TPSA) is 30.7 Å². The molecule has 0 saturated heterocycles. The summed E-state index contributed by atoms with van der Waals surface area (Å²) in [5.41, 5.74) is 0. The Morgan fingerprint density at radius 3 is 1.73 bits per heavy atom. The Labute approximate surface area is 85.5 Å². The van der Waals surface area contributed by atoms with Gasteiger partial charge in [0.1, 0.15) is 0 Å². The molecule has 8 heteroatoms. The van der Waals surface area contributed by atoms with Crippen molar-refractivity contribution in [2.24, 2.45) is 0 Å². The van der Waals surface area contributed by atoms with Crippen LogP contribution in [0.3, 0.4) is 0 Å². The van der Waals surface area contributed by atoms with E-state index in [4.69, 9.17) is 0 Å². The van der Waals surface area contributed by atoms with Gasteiger partial charge in [0.25, 0.3) is 0 Å². The normalized spacial score (nSPS) is 12.1. The molecule has 0 unspecified atom stereocenters. The van der Waals surface area contributed by atoms with Crippen molar-refractivity contribution < 1.29 is 8.78 Å². The lowest BCUT2D eigenvalue weighted by atomic mass is 11.0. The van der Waals surface area contributed by atoms with Crippen molar-refractivity contribution in [3.63, 3.8) is 0 Å². The first-order chi connectivity index (χ1) is 4.91. The number of nitrogens with zero attached hydrogens (tertiary/aromatic N) is 3. The molecule has 0 N–H and O–H groups in total. The van der Waals surface area contributed by atoms with E-state index >= 15 is 0 Å². The molecule has 1 heterocycles. The van der Waals surface area contributed by atoms with E-state index in [0.29, 0.717) is 0 Å². The minimum atomic E-state index is -3.25. The van der Waals surface area contributed by atoms with Crippen LogP contribution >= 0.6 is 47.8 Å². The van der Waals surface area contributed by atoms with E-state index in [1.165, 1.54) is 0 Å². The predicted octanol–water partition coefficient (Wildman–Crippen LogP) is 2.70. The van der Waals surface area contributed by atoms with Crippen LogP contribution < -0.4 is 0 Å². The summed E-state index contributed by atoms with van der Waals surface area (Å²) in [6.07, 6.45) is 0. The summed E-state index contributed by atoms with van der Waals surface area (Å²) < 4.78 is 25.2. The van der Waals surface area contributed by atoms with E-state index in [-0.39, 0.29) is 14.0 Å². The molecule has 0 radical (unpaired) electrons. The van der Waals surface area contributed by atoms with Gasteiger partial charge < -0.3 is 0 Å². The third-order valence-corrected chi connectivity index (χ3v) is 2.68. The van der Waals surface area contributed by atoms with Gasteiger partial charge in [0.05, 0.1) is 0 Å². The van der Waals surface area contributed by atoms with E-state index < -0.39 is 4.96 Å².